The first kappa shape index (κ1) is 29.1. The second-order valence-corrected chi connectivity index (χ2v) is 13.3. The van der Waals surface area contributed by atoms with Crippen molar-refractivity contribution < 1.29 is 34.8 Å². The highest BCUT2D eigenvalue weighted by Gasteiger charge is 2.74. The molecule has 1 aromatic carbocycles. The molecule has 0 heterocycles. The van der Waals surface area contributed by atoms with Crippen LogP contribution in [-0.2, 0) is 15.0 Å². The minimum atomic E-state index is -2.63. The number of phenolic OH excluding ortho intramolecular Hbond substituents is 1. The number of carbonyl (C=O) groups is 3. The highest BCUT2D eigenvalue weighted by atomic mass is 16.3. The number of fused-ring (bicyclic) bond motifs is 3. The summed E-state index contributed by atoms with van der Waals surface area (Å²) in [6, 6.07) is 3.70. The predicted octanol–water partition coefficient (Wildman–Crippen LogP) is 5.84. The zero-order valence-corrected chi connectivity index (χ0v) is 24.7. The molecule has 0 saturated carbocycles. The van der Waals surface area contributed by atoms with E-state index in [0.29, 0.717) is 17.5 Å². The summed E-state index contributed by atoms with van der Waals surface area (Å²) in [5, 5.41) is 47.0. The Bertz CT molecular complexity index is 1380. The van der Waals surface area contributed by atoms with Crippen molar-refractivity contribution >= 4 is 17.3 Å². The molecule has 0 spiro atoms. The van der Waals surface area contributed by atoms with Gasteiger partial charge in [0.2, 0.25) is 5.78 Å². The van der Waals surface area contributed by atoms with Crippen LogP contribution in [0.3, 0.4) is 0 Å². The Morgan fingerprint density at radius 1 is 1.08 bits per heavy atom. The summed E-state index contributed by atoms with van der Waals surface area (Å²) in [4.78, 5) is 40.8. The summed E-state index contributed by atoms with van der Waals surface area (Å²) >= 11 is 0. The Balaban J connectivity index is 2.15. The van der Waals surface area contributed by atoms with E-state index in [1.807, 2.05) is 67.5 Å². The first-order valence-electron chi connectivity index (χ1n) is 13.9. The van der Waals surface area contributed by atoms with E-state index in [1.54, 1.807) is 6.92 Å². The SMILES string of the molecule is CCC(C)(C)c1ccc2c(c1O)C(=O)C1=C(O)[C@@]3(O)C(=O)C(C(C)=O)=C(O)C(C(C)C)[C@@]3(C)[C@H](C)[C@@]1(C)[C@@H]2C. The average Bonchev–Trinajstić information content (AvgIpc) is 2.83. The van der Waals surface area contributed by atoms with Gasteiger partial charge in [-0.25, -0.2) is 0 Å². The normalized spacial score (nSPS) is 34.7. The smallest absolute Gasteiger partial charge is 0.209 e. The van der Waals surface area contributed by atoms with E-state index in [9.17, 15) is 34.8 Å². The standard InChI is InChI=1S/C32H42O7/c1-11-29(7,8)19-13-12-18-15(4)30(9)17(6)31(10)22(14(2)3)25(35)20(16(5)33)27(37)32(31,39)28(38)23(30)26(36)21(18)24(19)34/h12-15,17,22,34-35,38-39H,11H2,1-10H3/t15-,17-,22?,30-,31-,32+/m1/s1. The summed E-state index contributed by atoms with van der Waals surface area (Å²) in [6.07, 6.45) is 0.707. The number of hydrogen-bond donors (Lipinski definition) is 4. The zero-order chi connectivity index (χ0) is 29.8. The number of phenols is 1. The van der Waals surface area contributed by atoms with Crippen molar-refractivity contribution in [2.75, 3.05) is 0 Å². The third kappa shape index (κ3) is 3.17. The van der Waals surface area contributed by atoms with Gasteiger partial charge in [0.15, 0.2) is 17.2 Å². The van der Waals surface area contributed by atoms with Crippen LogP contribution in [0.2, 0.25) is 0 Å². The van der Waals surface area contributed by atoms with Crippen LogP contribution in [0.25, 0.3) is 0 Å². The lowest BCUT2D eigenvalue weighted by Crippen LogP contribution is -2.71. The summed E-state index contributed by atoms with van der Waals surface area (Å²) in [7, 11) is 0. The van der Waals surface area contributed by atoms with Gasteiger partial charge in [-0.15, -0.1) is 0 Å². The number of allylic oxidation sites excluding steroid dienone is 2. The molecule has 3 aliphatic carbocycles. The van der Waals surface area contributed by atoms with Crippen molar-refractivity contribution in [3.63, 3.8) is 0 Å². The lowest BCUT2D eigenvalue weighted by atomic mass is 9.39. The molecule has 3 aliphatic rings. The van der Waals surface area contributed by atoms with Crippen LogP contribution in [0.15, 0.2) is 34.8 Å². The maximum atomic E-state index is 14.3. The third-order valence-corrected chi connectivity index (χ3v) is 11.1. The lowest BCUT2D eigenvalue weighted by molar-refractivity contribution is -0.189. The minimum Gasteiger partial charge on any atom is -0.511 e. The molecular weight excluding hydrogens is 496 g/mol. The number of rotatable bonds is 4. The van der Waals surface area contributed by atoms with Gasteiger partial charge in [-0.2, -0.15) is 0 Å². The molecule has 0 saturated heterocycles. The van der Waals surface area contributed by atoms with Crippen LogP contribution < -0.4 is 0 Å². The van der Waals surface area contributed by atoms with Crippen LogP contribution in [0.4, 0.5) is 0 Å². The van der Waals surface area contributed by atoms with Gasteiger partial charge in [0.05, 0.1) is 5.56 Å². The number of carbonyl (C=O) groups excluding carboxylic acids is 3. The van der Waals surface area contributed by atoms with Gasteiger partial charge in [-0.1, -0.05) is 74.4 Å². The van der Waals surface area contributed by atoms with E-state index < -0.39 is 68.3 Å². The third-order valence-electron chi connectivity index (χ3n) is 11.1. The Kier molecular flexibility index (Phi) is 6.36. The largest absolute Gasteiger partial charge is 0.511 e. The second kappa shape index (κ2) is 8.53. The maximum Gasteiger partial charge on any atom is 0.209 e. The zero-order valence-electron chi connectivity index (χ0n) is 24.7. The molecule has 6 atom stereocenters. The van der Waals surface area contributed by atoms with E-state index in [-0.39, 0.29) is 28.6 Å². The molecule has 4 rings (SSSR count). The van der Waals surface area contributed by atoms with Crippen LogP contribution in [0.5, 0.6) is 5.75 Å². The van der Waals surface area contributed by atoms with Crippen molar-refractivity contribution in [3.05, 3.63) is 51.5 Å². The highest BCUT2D eigenvalue weighted by molar-refractivity contribution is 6.25. The summed E-state index contributed by atoms with van der Waals surface area (Å²) in [5.74, 6) is -6.06. The average molecular weight is 539 g/mol. The molecule has 4 N–H and O–H groups in total. The van der Waals surface area contributed by atoms with Gasteiger partial charge in [0, 0.05) is 27.9 Å². The molecule has 1 unspecified atom stereocenters. The fraction of sp³-hybridized carbons (Fsp3) is 0.594. The Morgan fingerprint density at radius 3 is 2.13 bits per heavy atom. The summed E-state index contributed by atoms with van der Waals surface area (Å²) < 4.78 is 0. The molecule has 0 aliphatic heterocycles. The fourth-order valence-corrected chi connectivity index (χ4v) is 8.11. The second-order valence-electron chi connectivity index (χ2n) is 13.3. The molecule has 7 nitrogen and oxygen atoms in total. The fourth-order valence-electron chi connectivity index (χ4n) is 8.11. The topological polar surface area (TPSA) is 132 Å². The van der Waals surface area contributed by atoms with Crippen LogP contribution in [0, 0.1) is 28.6 Å². The molecule has 1 aromatic rings. The van der Waals surface area contributed by atoms with E-state index in [1.165, 1.54) is 0 Å². The van der Waals surface area contributed by atoms with E-state index in [4.69, 9.17) is 0 Å². The van der Waals surface area contributed by atoms with E-state index >= 15 is 0 Å². The number of Topliss-reactive ketones (excluding diaryl/α,β-unsaturated/α-hetero) is 3. The summed E-state index contributed by atoms with van der Waals surface area (Å²) in [5.41, 5.74) is -5.01. The van der Waals surface area contributed by atoms with Crippen LogP contribution in [-0.4, -0.2) is 43.4 Å². The van der Waals surface area contributed by atoms with Crippen molar-refractivity contribution in [2.45, 2.75) is 92.6 Å². The van der Waals surface area contributed by atoms with Gasteiger partial charge in [0.1, 0.15) is 22.8 Å². The number of aromatic hydroxyl groups is 1. The maximum absolute atomic E-state index is 14.3. The van der Waals surface area contributed by atoms with Crippen LogP contribution in [0.1, 0.15) is 103 Å². The Hall–Kier alpha value is -2.93. The van der Waals surface area contributed by atoms with Crippen molar-refractivity contribution in [2.24, 2.45) is 28.6 Å². The molecule has 0 radical (unpaired) electrons. The number of aliphatic hydroxyl groups is 3. The van der Waals surface area contributed by atoms with E-state index in [2.05, 4.69) is 0 Å². The number of benzene rings is 1. The van der Waals surface area contributed by atoms with Gasteiger partial charge < -0.3 is 20.4 Å². The Morgan fingerprint density at radius 2 is 1.64 bits per heavy atom. The van der Waals surface area contributed by atoms with Gasteiger partial charge >= 0.3 is 0 Å². The molecule has 0 aromatic heterocycles. The first-order chi connectivity index (χ1) is 17.8. The number of ketones is 3. The molecule has 212 valence electrons. The molecule has 0 fully saturated rings. The molecule has 0 bridgehead atoms. The minimum absolute atomic E-state index is 0.0637. The highest BCUT2D eigenvalue weighted by Crippen LogP contribution is 2.70. The van der Waals surface area contributed by atoms with Crippen molar-refractivity contribution in [1.29, 1.82) is 0 Å². The molecular formula is C32H42O7. The summed E-state index contributed by atoms with van der Waals surface area (Å²) in [6.45, 7) is 17.9. The number of aliphatic hydroxyl groups excluding tert-OH is 2. The molecule has 0 amide bonds. The lowest BCUT2D eigenvalue weighted by Gasteiger charge is -2.64. The molecule has 7 heteroatoms. The quantitative estimate of drug-likeness (QED) is 0.354. The van der Waals surface area contributed by atoms with Gasteiger partial charge in [-0.05, 0) is 42.1 Å². The number of hydrogen-bond acceptors (Lipinski definition) is 7. The van der Waals surface area contributed by atoms with Crippen molar-refractivity contribution in [1.82, 2.24) is 0 Å². The first-order valence-corrected chi connectivity index (χ1v) is 13.9. The van der Waals surface area contributed by atoms with Crippen LogP contribution >= 0.6 is 0 Å². The van der Waals surface area contributed by atoms with Crippen molar-refractivity contribution in [3.8, 4) is 5.75 Å². The molecule has 39 heavy (non-hydrogen) atoms. The predicted molar refractivity (Wildman–Crippen MR) is 148 cm³/mol. The van der Waals surface area contributed by atoms with Gasteiger partial charge in [0.25, 0.3) is 0 Å². The van der Waals surface area contributed by atoms with Gasteiger partial charge in [-0.3, -0.25) is 14.4 Å². The monoisotopic (exact) mass is 538 g/mol. The Labute approximate surface area is 230 Å². The van der Waals surface area contributed by atoms with E-state index in [0.717, 1.165) is 6.92 Å².